The van der Waals surface area contributed by atoms with E-state index in [1.807, 2.05) is 0 Å². The Balaban J connectivity index is 0.802. The second kappa shape index (κ2) is 17.8. The molecule has 0 fully saturated rings. The maximum absolute atomic E-state index is 7.23. The van der Waals surface area contributed by atoms with Crippen molar-refractivity contribution in [3.05, 3.63) is 318 Å². The first-order valence-corrected chi connectivity index (χ1v) is 27.9. The quantitative estimate of drug-likeness (QED) is 0.158. The van der Waals surface area contributed by atoms with E-state index in [2.05, 4.69) is 304 Å². The van der Waals surface area contributed by atoms with Crippen LogP contribution in [0.1, 0.15) is 47.2 Å². The molecule has 2 nitrogen and oxygen atoms in total. The van der Waals surface area contributed by atoms with Gasteiger partial charge < -0.3 is 9.64 Å². The standard InChI is InChI=1S/C78H53NO/c1-77(2)69-27-15-13-25-65(69)67-42-40-61(49-73(67)77)79(62-46-58(50-17-5-3-6-18-50)45-59(47-62)51-19-7-4-8-20-51)60-38-33-53(34-39-60)52-29-31-54(32-30-52)57-35-41-68-66-26-14-16-28-70(66)78(74(68)48-57)71-43-36-55-21-9-11-23-63(55)75(71)80-76-64-24-12-10-22-56(64)37-44-72(76)78/h3-49H,1-2H3. The molecule has 3 aliphatic rings. The summed E-state index contributed by atoms with van der Waals surface area (Å²) in [5.74, 6) is 1.86. The van der Waals surface area contributed by atoms with E-state index in [9.17, 15) is 0 Å². The van der Waals surface area contributed by atoms with Crippen LogP contribution in [0, 0.1) is 0 Å². The van der Waals surface area contributed by atoms with Crippen LogP contribution in [0.2, 0.25) is 0 Å². The number of hydrogen-bond acceptors (Lipinski definition) is 2. The number of ether oxygens (including phenoxy) is 1. The van der Waals surface area contributed by atoms with E-state index in [0.717, 1.165) is 50.5 Å². The monoisotopic (exact) mass is 1020 g/mol. The maximum Gasteiger partial charge on any atom is 0.140 e. The van der Waals surface area contributed by atoms with Crippen molar-refractivity contribution in [2.45, 2.75) is 24.7 Å². The Bertz CT molecular complexity index is 4490. The van der Waals surface area contributed by atoms with Gasteiger partial charge in [-0.05, 0) is 148 Å². The minimum atomic E-state index is -0.610. The van der Waals surface area contributed by atoms with Crippen molar-refractivity contribution >= 4 is 38.6 Å². The van der Waals surface area contributed by atoms with E-state index in [1.165, 1.54) is 99.8 Å². The molecule has 0 N–H and O–H groups in total. The molecule has 2 aliphatic carbocycles. The van der Waals surface area contributed by atoms with Crippen LogP contribution in [0.15, 0.2) is 285 Å². The summed E-state index contributed by atoms with van der Waals surface area (Å²) in [4.78, 5) is 2.45. The summed E-state index contributed by atoms with van der Waals surface area (Å²) in [6.07, 6.45) is 0. The van der Waals surface area contributed by atoms with Crippen molar-refractivity contribution in [1.82, 2.24) is 0 Å². The Morgan fingerprint density at radius 2 is 0.700 bits per heavy atom. The van der Waals surface area contributed by atoms with Crippen LogP contribution >= 0.6 is 0 Å². The predicted molar refractivity (Wildman–Crippen MR) is 333 cm³/mol. The molecule has 13 aromatic carbocycles. The fourth-order valence-electron chi connectivity index (χ4n) is 13.9. The Morgan fingerprint density at radius 1 is 0.263 bits per heavy atom. The van der Waals surface area contributed by atoms with Gasteiger partial charge in [-0.2, -0.15) is 0 Å². The Morgan fingerprint density at radius 3 is 1.31 bits per heavy atom. The number of rotatable bonds is 7. The number of nitrogens with zero attached hydrogens (tertiary/aromatic N) is 1. The Kier molecular flexibility index (Phi) is 10.2. The minimum absolute atomic E-state index is 0.150. The van der Waals surface area contributed by atoms with E-state index in [0.29, 0.717) is 0 Å². The fraction of sp³-hybridized carbons (Fsp3) is 0.0513. The molecule has 1 heterocycles. The molecule has 0 saturated heterocycles. The first kappa shape index (κ1) is 46.1. The highest BCUT2D eigenvalue weighted by Crippen LogP contribution is 2.64. The number of hydrogen-bond donors (Lipinski definition) is 0. The first-order valence-electron chi connectivity index (χ1n) is 27.9. The molecule has 0 bridgehead atoms. The maximum atomic E-state index is 7.23. The van der Waals surface area contributed by atoms with Crippen molar-refractivity contribution in [3.8, 4) is 78.3 Å². The second-order valence-corrected chi connectivity index (χ2v) is 22.3. The molecular formula is C78H53NO. The summed E-state index contributed by atoms with van der Waals surface area (Å²) in [7, 11) is 0. The lowest BCUT2D eigenvalue weighted by Gasteiger charge is -2.40. The summed E-state index contributed by atoms with van der Waals surface area (Å²) >= 11 is 0. The van der Waals surface area contributed by atoms with Gasteiger partial charge in [-0.3, -0.25) is 0 Å². The van der Waals surface area contributed by atoms with Gasteiger partial charge in [-0.15, -0.1) is 0 Å². The van der Waals surface area contributed by atoms with Crippen molar-refractivity contribution in [3.63, 3.8) is 0 Å². The van der Waals surface area contributed by atoms with Gasteiger partial charge in [0.05, 0.1) is 5.41 Å². The third-order valence-corrected chi connectivity index (χ3v) is 17.7. The molecule has 0 saturated carbocycles. The Labute approximate surface area is 467 Å². The van der Waals surface area contributed by atoms with E-state index < -0.39 is 5.41 Å². The smallest absolute Gasteiger partial charge is 0.140 e. The summed E-state index contributed by atoms with van der Waals surface area (Å²) in [6, 6.07) is 105. The highest BCUT2D eigenvalue weighted by molar-refractivity contribution is 6.00. The van der Waals surface area contributed by atoms with E-state index in [1.54, 1.807) is 0 Å². The summed E-state index contributed by atoms with van der Waals surface area (Å²) in [5, 5.41) is 4.57. The fourth-order valence-corrected chi connectivity index (χ4v) is 13.9. The number of anilines is 3. The minimum Gasteiger partial charge on any atom is -0.455 e. The molecule has 0 aromatic heterocycles. The molecule has 0 radical (unpaired) electrons. The normalized spacial score (nSPS) is 13.7. The van der Waals surface area contributed by atoms with E-state index >= 15 is 0 Å². The van der Waals surface area contributed by atoms with Gasteiger partial charge in [-0.1, -0.05) is 250 Å². The lowest BCUT2D eigenvalue weighted by molar-refractivity contribution is 0.447. The molecule has 0 unspecified atom stereocenters. The lowest BCUT2D eigenvalue weighted by Crippen LogP contribution is -2.32. The highest BCUT2D eigenvalue weighted by Gasteiger charge is 2.52. The molecule has 2 heteroatoms. The predicted octanol–water partition coefficient (Wildman–Crippen LogP) is 20.9. The molecule has 0 amide bonds. The van der Waals surface area contributed by atoms with Crippen molar-refractivity contribution in [2.24, 2.45) is 0 Å². The van der Waals surface area contributed by atoms with Crippen LogP contribution in [0.4, 0.5) is 17.1 Å². The van der Waals surface area contributed by atoms with Gasteiger partial charge >= 0.3 is 0 Å². The van der Waals surface area contributed by atoms with E-state index in [-0.39, 0.29) is 5.41 Å². The van der Waals surface area contributed by atoms with Crippen LogP contribution in [-0.4, -0.2) is 0 Å². The number of benzene rings is 13. The van der Waals surface area contributed by atoms with Crippen LogP contribution in [0.25, 0.3) is 88.3 Å². The number of fused-ring (bicyclic) bond motifs is 16. The van der Waals surface area contributed by atoms with Crippen LogP contribution in [0.3, 0.4) is 0 Å². The molecule has 80 heavy (non-hydrogen) atoms. The third kappa shape index (κ3) is 6.92. The zero-order valence-corrected chi connectivity index (χ0v) is 44.5. The molecule has 0 atom stereocenters. The largest absolute Gasteiger partial charge is 0.455 e. The van der Waals surface area contributed by atoms with Gasteiger partial charge in [0, 0.05) is 44.4 Å². The van der Waals surface area contributed by atoms with Gasteiger partial charge in [0.2, 0.25) is 0 Å². The molecule has 16 rings (SSSR count). The van der Waals surface area contributed by atoms with Crippen molar-refractivity contribution in [1.29, 1.82) is 0 Å². The average molecular weight is 1020 g/mol. The molecule has 13 aromatic rings. The highest BCUT2D eigenvalue weighted by atomic mass is 16.5. The van der Waals surface area contributed by atoms with Gasteiger partial charge in [0.1, 0.15) is 11.5 Å². The second-order valence-electron chi connectivity index (χ2n) is 22.3. The summed E-state index contributed by atoms with van der Waals surface area (Å²) in [6.45, 7) is 4.73. The zero-order valence-electron chi connectivity index (χ0n) is 44.5. The summed E-state index contributed by atoms with van der Waals surface area (Å²) in [5.41, 5.74) is 24.7. The van der Waals surface area contributed by atoms with E-state index in [4.69, 9.17) is 4.74 Å². The third-order valence-electron chi connectivity index (χ3n) is 17.7. The van der Waals surface area contributed by atoms with Crippen molar-refractivity contribution in [2.75, 3.05) is 4.90 Å². The van der Waals surface area contributed by atoms with Gasteiger partial charge in [0.15, 0.2) is 0 Å². The molecular weight excluding hydrogens is 967 g/mol. The van der Waals surface area contributed by atoms with Gasteiger partial charge in [0.25, 0.3) is 0 Å². The molecule has 376 valence electrons. The van der Waals surface area contributed by atoms with Gasteiger partial charge in [-0.25, -0.2) is 0 Å². The zero-order chi connectivity index (χ0) is 53.1. The molecule has 1 aliphatic heterocycles. The van der Waals surface area contributed by atoms with Crippen molar-refractivity contribution < 1.29 is 4.74 Å². The average Bonchev–Trinajstić information content (AvgIpc) is 4.10. The Hall–Kier alpha value is -10.0. The first-order chi connectivity index (χ1) is 39.4. The van der Waals surface area contributed by atoms with Crippen LogP contribution in [0.5, 0.6) is 11.5 Å². The summed E-state index contributed by atoms with van der Waals surface area (Å²) < 4.78 is 7.23. The SMILES string of the molecule is CC1(C)c2ccccc2-c2ccc(N(c3ccc(-c4ccc(-c5ccc6c(c5)C5(c7ccccc7-6)c6ccc7ccccc7c6Oc6c5ccc5ccccc65)cc4)cc3)c3cc(-c4ccccc4)cc(-c4ccccc4)c3)cc21. The molecule has 1 spiro atoms. The van der Waals surface area contributed by atoms with Crippen LogP contribution in [-0.2, 0) is 10.8 Å². The van der Waals surface area contributed by atoms with Crippen LogP contribution < -0.4 is 9.64 Å². The topological polar surface area (TPSA) is 12.5 Å². The lowest BCUT2D eigenvalue weighted by atomic mass is 9.65.